The van der Waals surface area contributed by atoms with Gasteiger partial charge in [-0.3, -0.25) is 14.2 Å². The van der Waals surface area contributed by atoms with Crippen LogP contribution in [-0.4, -0.2) is 74.3 Å². The number of thioether (sulfide) groups is 1. The lowest BCUT2D eigenvalue weighted by molar-refractivity contribution is -0.128. The van der Waals surface area contributed by atoms with E-state index >= 15 is 0 Å². The van der Waals surface area contributed by atoms with Crippen molar-refractivity contribution in [2.45, 2.75) is 57.4 Å². The van der Waals surface area contributed by atoms with E-state index in [4.69, 9.17) is 19.9 Å². The smallest absolute Gasteiger partial charge is 0.325 e. The van der Waals surface area contributed by atoms with Crippen molar-refractivity contribution >= 4 is 31.2 Å². The summed E-state index contributed by atoms with van der Waals surface area (Å²) in [4.78, 5) is 33.7. The highest BCUT2D eigenvalue weighted by atomic mass is 32.2. The highest BCUT2D eigenvalue weighted by molar-refractivity contribution is 7.99. The minimum atomic E-state index is -3.39. The van der Waals surface area contributed by atoms with Gasteiger partial charge in [0.1, 0.15) is 6.04 Å². The van der Waals surface area contributed by atoms with Crippen molar-refractivity contribution in [3.8, 4) is 0 Å². The number of nitrogens with two attached hydrogens (primary N) is 1. The molecule has 0 aliphatic heterocycles. The highest BCUT2D eigenvalue weighted by Gasteiger charge is 2.19. The van der Waals surface area contributed by atoms with E-state index in [0.29, 0.717) is 38.3 Å². The SMILES string of the molecule is COCCCSCC(=O)NC(CCCCN)C(=O)NCCCCCCOP(C)(=O)O. The number of ether oxygens (including phenoxy) is 1. The van der Waals surface area contributed by atoms with E-state index < -0.39 is 13.6 Å². The van der Waals surface area contributed by atoms with Gasteiger partial charge in [0, 0.05) is 26.9 Å². The summed E-state index contributed by atoms with van der Waals surface area (Å²) < 4.78 is 20.8. The number of carbonyl (C=O) groups excluding carboxylic acids is 2. The number of carbonyl (C=O) groups is 2. The third-order valence-corrected chi connectivity index (χ3v) is 5.88. The van der Waals surface area contributed by atoms with E-state index in [9.17, 15) is 14.2 Å². The maximum absolute atomic E-state index is 12.5. The molecular weight excluding hydrogens is 429 g/mol. The quantitative estimate of drug-likeness (QED) is 0.157. The average Bonchev–Trinajstić information content (AvgIpc) is 2.68. The van der Waals surface area contributed by atoms with Gasteiger partial charge in [0.2, 0.25) is 11.8 Å². The van der Waals surface area contributed by atoms with Crippen LogP contribution >= 0.6 is 19.4 Å². The van der Waals surface area contributed by atoms with E-state index in [0.717, 1.165) is 44.3 Å². The fraction of sp³-hybridized carbons (Fsp3) is 0.895. The molecule has 0 fully saturated rings. The molecule has 0 aromatic heterocycles. The van der Waals surface area contributed by atoms with E-state index in [1.54, 1.807) is 7.11 Å². The lowest BCUT2D eigenvalue weighted by Crippen LogP contribution is -2.47. The molecule has 2 amide bonds. The van der Waals surface area contributed by atoms with Gasteiger partial charge in [-0.2, -0.15) is 11.8 Å². The minimum Gasteiger partial charge on any atom is -0.385 e. The molecule has 11 heteroatoms. The number of rotatable bonds is 20. The van der Waals surface area contributed by atoms with Crippen molar-refractivity contribution in [2.75, 3.05) is 51.6 Å². The van der Waals surface area contributed by atoms with Crippen LogP contribution in [0.5, 0.6) is 0 Å². The zero-order valence-electron chi connectivity index (χ0n) is 18.4. The Kier molecular flexibility index (Phi) is 18.7. The Morgan fingerprint density at radius 2 is 1.83 bits per heavy atom. The minimum absolute atomic E-state index is 0.137. The maximum Gasteiger partial charge on any atom is 0.325 e. The van der Waals surface area contributed by atoms with Crippen molar-refractivity contribution in [1.82, 2.24) is 10.6 Å². The Hall–Kier alpha value is -0.640. The topological polar surface area (TPSA) is 140 Å². The molecule has 0 aromatic rings. The van der Waals surface area contributed by atoms with Crippen LogP contribution in [0.4, 0.5) is 0 Å². The highest BCUT2D eigenvalue weighted by Crippen LogP contribution is 2.36. The molecule has 0 aliphatic carbocycles. The van der Waals surface area contributed by atoms with E-state index in [1.807, 2.05) is 0 Å². The van der Waals surface area contributed by atoms with Crippen molar-refractivity contribution in [3.05, 3.63) is 0 Å². The molecule has 2 unspecified atom stereocenters. The van der Waals surface area contributed by atoms with Gasteiger partial charge >= 0.3 is 7.60 Å². The molecule has 178 valence electrons. The van der Waals surface area contributed by atoms with Gasteiger partial charge in [-0.05, 0) is 50.8 Å². The zero-order chi connectivity index (χ0) is 22.7. The molecule has 0 rings (SSSR count). The van der Waals surface area contributed by atoms with Gasteiger partial charge in [-0.25, -0.2) is 0 Å². The monoisotopic (exact) mass is 469 g/mol. The lowest BCUT2D eigenvalue weighted by atomic mass is 10.1. The Bertz CT molecular complexity index is 507. The van der Waals surface area contributed by atoms with Crippen LogP contribution in [0.15, 0.2) is 0 Å². The third kappa shape index (κ3) is 19.3. The van der Waals surface area contributed by atoms with Crippen LogP contribution in [-0.2, 0) is 23.4 Å². The van der Waals surface area contributed by atoms with E-state index in [-0.39, 0.29) is 18.4 Å². The molecule has 2 atom stereocenters. The predicted octanol–water partition coefficient (Wildman–Crippen LogP) is 1.88. The van der Waals surface area contributed by atoms with Crippen molar-refractivity contribution in [1.29, 1.82) is 0 Å². The van der Waals surface area contributed by atoms with E-state index in [1.165, 1.54) is 18.4 Å². The second-order valence-corrected chi connectivity index (χ2v) is 10.1. The summed E-state index contributed by atoms with van der Waals surface area (Å²) >= 11 is 1.53. The number of amides is 2. The molecule has 9 nitrogen and oxygen atoms in total. The largest absolute Gasteiger partial charge is 0.385 e. The molecule has 0 saturated heterocycles. The summed E-state index contributed by atoms with van der Waals surface area (Å²) in [5.41, 5.74) is 5.53. The summed E-state index contributed by atoms with van der Waals surface area (Å²) in [6.07, 6.45) is 6.28. The van der Waals surface area contributed by atoms with Crippen molar-refractivity contribution in [2.24, 2.45) is 5.73 Å². The lowest BCUT2D eigenvalue weighted by Gasteiger charge is -2.18. The molecule has 0 saturated carbocycles. The Morgan fingerprint density at radius 1 is 1.10 bits per heavy atom. The van der Waals surface area contributed by atoms with Crippen LogP contribution in [0.3, 0.4) is 0 Å². The molecule has 30 heavy (non-hydrogen) atoms. The Balaban J connectivity index is 4.10. The maximum atomic E-state index is 12.5. The Labute approximate surface area is 185 Å². The van der Waals surface area contributed by atoms with Gasteiger partial charge in [0.15, 0.2) is 0 Å². The van der Waals surface area contributed by atoms with Gasteiger partial charge in [0.05, 0.1) is 12.4 Å². The number of nitrogens with one attached hydrogen (secondary N) is 2. The normalized spacial score (nSPS) is 14.1. The molecule has 0 spiro atoms. The van der Waals surface area contributed by atoms with Gasteiger partial charge < -0.3 is 30.5 Å². The summed E-state index contributed by atoms with van der Waals surface area (Å²) in [5.74, 6) is 0.859. The standard InChI is InChI=1S/C19H40N3O6PS/c1-27-13-9-15-30-16-18(23)22-17(10-5-6-11-20)19(24)21-12-7-3-4-8-14-28-29(2,25)26/h17H,3-16,20H2,1-2H3,(H,21,24)(H,22,23)(H,25,26). The summed E-state index contributed by atoms with van der Waals surface area (Å²) in [6.45, 7) is 3.19. The second kappa shape index (κ2) is 19.1. The predicted molar refractivity (Wildman–Crippen MR) is 122 cm³/mol. The van der Waals surface area contributed by atoms with Crippen LogP contribution in [0.25, 0.3) is 0 Å². The molecule has 0 heterocycles. The summed E-state index contributed by atoms with van der Waals surface area (Å²) in [6, 6.07) is -0.541. The molecule has 5 N–H and O–H groups in total. The number of methoxy groups -OCH3 is 1. The number of unbranched alkanes of at least 4 members (excludes halogenated alkanes) is 4. The Morgan fingerprint density at radius 3 is 2.50 bits per heavy atom. The van der Waals surface area contributed by atoms with Crippen LogP contribution in [0, 0.1) is 0 Å². The summed E-state index contributed by atoms with van der Waals surface area (Å²) in [5, 5.41) is 5.73. The fourth-order valence-electron chi connectivity index (χ4n) is 2.62. The first-order valence-corrected chi connectivity index (χ1v) is 13.8. The average molecular weight is 470 g/mol. The first kappa shape index (κ1) is 29.4. The van der Waals surface area contributed by atoms with Crippen LogP contribution < -0.4 is 16.4 Å². The van der Waals surface area contributed by atoms with Gasteiger partial charge in [0.25, 0.3) is 0 Å². The fourth-order valence-corrected chi connectivity index (χ4v) is 3.82. The van der Waals surface area contributed by atoms with E-state index in [2.05, 4.69) is 10.6 Å². The van der Waals surface area contributed by atoms with Crippen LogP contribution in [0.2, 0.25) is 0 Å². The molecule has 0 aromatic carbocycles. The van der Waals surface area contributed by atoms with Crippen molar-refractivity contribution < 1.29 is 28.3 Å². The first-order chi connectivity index (χ1) is 14.3. The van der Waals surface area contributed by atoms with Gasteiger partial charge in [-0.1, -0.05) is 12.8 Å². The third-order valence-electron chi connectivity index (χ3n) is 4.17. The molecule has 0 aliphatic rings. The van der Waals surface area contributed by atoms with Gasteiger partial charge in [-0.15, -0.1) is 0 Å². The van der Waals surface area contributed by atoms with Crippen LogP contribution in [0.1, 0.15) is 51.4 Å². The second-order valence-electron chi connectivity index (χ2n) is 7.14. The number of hydrogen-bond donors (Lipinski definition) is 4. The van der Waals surface area contributed by atoms with Crippen molar-refractivity contribution in [3.63, 3.8) is 0 Å². The molecule has 0 bridgehead atoms. The number of hydrogen-bond acceptors (Lipinski definition) is 7. The zero-order valence-corrected chi connectivity index (χ0v) is 20.1. The molecular formula is C19H40N3O6PS. The summed E-state index contributed by atoms with van der Waals surface area (Å²) in [7, 11) is -1.74. The molecule has 0 radical (unpaired) electrons. The first-order valence-electron chi connectivity index (χ1n) is 10.6.